The Balaban J connectivity index is 2.06. The molecular formula is C14H22N2O3S. The van der Waals surface area contributed by atoms with Crippen LogP contribution in [0.3, 0.4) is 0 Å². The number of ether oxygens (including phenoxy) is 1. The summed E-state index contributed by atoms with van der Waals surface area (Å²) in [6, 6.07) is 6.89. The standard InChI is InChI=1S/C14H22N2O3S/c1-20(17,18)13-6-2-4-11(10-13)14(16-15)8-7-12-5-3-9-19-12/h2,4,6,10,12,14,16H,3,5,7-9,15H2,1H3. The van der Waals surface area contributed by atoms with Crippen molar-refractivity contribution in [1.82, 2.24) is 5.43 Å². The fourth-order valence-electron chi connectivity index (χ4n) is 2.53. The van der Waals surface area contributed by atoms with Crippen LogP contribution >= 0.6 is 0 Å². The van der Waals surface area contributed by atoms with Crippen molar-refractivity contribution in [3.05, 3.63) is 29.8 Å². The third kappa shape index (κ3) is 4.02. The molecule has 1 aliphatic rings. The predicted octanol–water partition coefficient (Wildman–Crippen LogP) is 1.55. The highest BCUT2D eigenvalue weighted by Gasteiger charge is 2.19. The van der Waals surface area contributed by atoms with Gasteiger partial charge in [-0.05, 0) is 43.4 Å². The van der Waals surface area contributed by atoms with E-state index in [4.69, 9.17) is 10.6 Å². The van der Waals surface area contributed by atoms with Gasteiger partial charge in [0.15, 0.2) is 9.84 Å². The largest absolute Gasteiger partial charge is 0.378 e. The lowest BCUT2D eigenvalue weighted by Gasteiger charge is -2.19. The highest BCUT2D eigenvalue weighted by Crippen LogP contribution is 2.25. The third-order valence-corrected chi connectivity index (χ3v) is 4.80. The molecule has 1 aromatic rings. The SMILES string of the molecule is CS(=O)(=O)c1cccc(C(CCC2CCCO2)NN)c1. The number of nitrogens with one attached hydrogen (secondary N) is 1. The lowest BCUT2D eigenvalue weighted by Crippen LogP contribution is -2.29. The summed E-state index contributed by atoms with van der Waals surface area (Å²) in [5.41, 5.74) is 3.67. The maximum atomic E-state index is 11.6. The molecule has 0 spiro atoms. The van der Waals surface area contributed by atoms with Crippen molar-refractivity contribution in [3.8, 4) is 0 Å². The van der Waals surface area contributed by atoms with E-state index in [2.05, 4.69) is 5.43 Å². The van der Waals surface area contributed by atoms with Gasteiger partial charge in [0.2, 0.25) is 0 Å². The molecule has 2 rings (SSSR count). The first-order valence-electron chi connectivity index (χ1n) is 6.88. The Bertz CT molecular complexity index is 539. The number of rotatable bonds is 6. The molecule has 1 aliphatic heterocycles. The number of sulfone groups is 1. The molecule has 1 fully saturated rings. The highest BCUT2D eigenvalue weighted by atomic mass is 32.2. The molecule has 2 atom stereocenters. The van der Waals surface area contributed by atoms with Crippen LogP contribution in [0.4, 0.5) is 0 Å². The van der Waals surface area contributed by atoms with E-state index in [1.54, 1.807) is 18.2 Å². The van der Waals surface area contributed by atoms with Gasteiger partial charge in [-0.25, -0.2) is 8.42 Å². The molecule has 0 aliphatic carbocycles. The molecule has 3 N–H and O–H groups in total. The number of benzene rings is 1. The molecule has 0 bridgehead atoms. The first-order chi connectivity index (χ1) is 9.50. The van der Waals surface area contributed by atoms with Gasteiger partial charge < -0.3 is 4.74 Å². The van der Waals surface area contributed by atoms with Gasteiger partial charge in [0, 0.05) is 18.9 Å². The average molecular weight is 298 g/mol. The van der Waals surface area contributed by atoms with Crippen molar-refractivity contribution in [2.45, 2.75) is 42.7 Å². The van der Waals surface area contributed by atoms with E-state index < -0.39 is 9.84 Å². The van der Waals surface area contributed by atoms with Crippen LogP contribution in [-0.4, -0.2) is 27.4 Å². The zero-order chi connectivity index (χ0) is 14.6. The van der Waals surface area contributed by atoms with Gasteiger partial charge in [0.05, 0.1) is 11.0 Å². The summed E-state index contributed by atoms with van der Waals surface area (Å²) in [6.45, 7) is 0.842. The molecule has 1 saturated heterocycles. The summed E-state index contributed by atoms with van der Waals surface area (Å²) in [4.78, 5) is 0.326. The van der Waals surface area contributed by atoms with Crippen molar-refractivity contribution in [3.63, 3.8) is 0 Å². The molecule has 5 nitrogen and oxygen atoms in total. The second-order valence-corrected chi connectivity index (χ2v) is 7.29. The minimum absolute atomic E-state index is 0.0547. The van der Waals surface area contributed by atoms with Crippen LogP contribution in [-0.2, 0) is 14.6 Å². The van der Waals surface area contributed by atoms with E-state index in [1.165, 1.54) is 6.26 Å². The summed E-state index contributed by atoms with van der Waals surface area (Å²) in [6.07, 6.45) is 5.50. The second kappa shape index (κ2) is 6.67. The molecule has 2 unspecified atom stereocenters. The maximum Gasteiger partial charge on any atom is 0.175 e. The lowest BCUT2D eigenvalue weighted by molar-refractivity contribution is 0.0996. The summed E-state index contributed by atoms with van der Waals surface area (Å²) in [5.74, 6) is 5.61. The molecule has 0 amide bonds. The molecule has 0 aromatic heterocycles. The molecule has 6 heteroatoms. The number of hydrazine groups is 1. The van der Waals surface area contributed by atoms with Crippen LogP contribution in [0.5, 0.6) is 0 Å². The Morgan fingerprint density at radius 3 is 2.90 bits per heavy atom. The van der Waals surface area contributed by atoms with Crippen LogP contribution in [0.2, 0.25) is 0 Å². The minimum atomic E-state index is -3.19. The van der Waals surface area contributed by atoms with E-state index in [9.17, 15) is 8.42 Å². The fourth-order valence-corrected chi connectivity index (χ4v) is 3.21. The van der Waals surface area contributed by atoms with Crippen molar-refractivity contribution >= 4 is 9.84 Å². The smallest absolute Gasteiger partial charge is 0.175 e. The van der Waals surface area contributed by atoms with Gasteiger partial charge in [-0.1, -0.05) is 12.1 Å². The fraction of sp³-hybridized carbons (Fsp3) is 0.571. The highest BCUT2D eigenvalue weighted by molar-refractivity contribution is 7.90. The quantitative estimate of drug-likeness (QED) is 0.615. The topological polar surface area (TPSA) is 81.4 Å². The Morgan fingerprint density at radius 2 is 2.30 bits per heavy atom. The van der Waals surface area contributed by atoms with E-state index in [0.717, 1.165) is 37.9 Å². The molecule has 20 heavy (non-hydrogen) atoms. The molecule has 0 radical (unpaired) electrons. The monoisotopic (exact) mass is 298 g/mol. The summed E-state index contributed by atoms with van der Waals surface area (Å²) >= 11 is 0. The van der Waals surface area contributed by atoms with Gasteiger partial charge in [-0.15, -0.1) is 0 Å². The van der Waals surface area contributed by atoms with Crippen molar-refractivity contribution in [1.29, 1.82) is 0 Å². The summed E-state index contributed by atoms with van der Waals surface area (Å²) < 4.78 is 28.8. The van der Waals surface area contributed by atoms with Crippen LogP contribution in [0.1, 0.15) is 37.3 Å². The van der Waals surface area contributed by atoms with E-state index in [1.807, 2.05) is 6.07 Å². The first-order valence-corrected chi connectivity index (χ1v) is 8.77. The van der Waals surface area contributed by atoms with Gasteiger partial charge in [-0.3, -0.25) is 11.3 Å². The lowest BCUT2D eigenvalue weighted by atomic mass is 10.00. The first kappa shape index (κ1) is 15.4. The molecular weight excluding hydrogens is 276 g/mol. The van der Waals surface area contributed by atoms with Gasteiger partial charge >= 0.3 is 0 Å². The van der Waals surface area contributed by atoms with Crippen molar-refractivity contribution < 1.29 is 13.2 Å². The Morgan fingerprint density at radius 1 is 1.50 bits per heavy atom. The molecule has 112 valence electrons. The minimum Gasteiger partial charge on any atom is -0.378 e. The maximum absolute atomic E-state index is 11.6. The zero-order valence-corrected chi connectivity index (χ0v) is 12.5. The summed E-state index contributed by atoms with van der Waals surface area (Å²) in [7, 11) is -3.19. The van der Waals surface area contributed by atoms with Gasteiger partial charge in [-0.2, -0.15) is 0 Å². The average Bonchev–Trinajstić information content (AvgIpc) is 2.92. The number of hydrogen-bond donors (Lipinski definition) is 2. The number of hydrogen-bond acceptors (Lipinski definition) is 5. The van der Waals surface area contributed by atoms with Crippen LogP contribution in [0.25, 0.3) is 0 Å². The summed E-state index contributed by atoms with van der Waals surface area (Å²) in [5, 5.41) is 0. The van der Waals surface area contributed by atoms with Crippen LogP contribution < -0.4 is 11.3 Å². The Kier molecular flexibility index (Phi) is 5.15. The number of nitrogens with two attached hydrogens (primary N) is 1. The zero-order valence-electron chi connectivity index (χ0n) is 11.7. The van der Waals surface area contributed by atoms with Gasteiger partial charge in [0.25, 0.3) is 0 Å². The molecule has 0 saturated carbocycles. The van der Waals surface area contributed by atoms with E-state index in [0.29, 0.717) is 11.0 Å². The van der Waals surface area contributed by atoms with E-state index in [-0.39, 0.29) is 6.04 Å². The van der Waals surface area contributed by atoms with Crippen molar-refractivity contribution in [2.24, 2.45) is 5.84 Å². The molecule has 1 heterocycles. The van der Waals surface area contributed by atoms with E-state index >= 15 is 0 Å². The Hall–Kier alpha value is -0.950. The van der Waals surface area contributed by atoms with Gasteiger partial charge in [0.1, 0.15) is 0 Å². The second-order valence-electron chi connectivity index (χ2n) is 5.28. The van der Waals surface area contributed by atoms with Crippen molar-refractivity contribution in [2.75, 3.05) is 12.9 Å². The normalized spacial score (nSPS) is 21.0. The third-order valence-electron chi connectivity index (χ3n) is 3.69. The van der Waals surface area contributed by atoms with Crippen LogP contribution in [0, 0.1) is 0 Å². The molecule has 1 aromatic carbocycles. The Labute approximate surface area is 120 Å². The predicted molar refractivity (Wildman–Crippen MR) is 77.8 cm³/mol. The van der Waals surface area contributed by atoms with Crippen LogP contribution in [0.15, 0.2) is 29.2 Å².